The summed E-state index contributed by atoms with van der Waals surface area (Å²) in [6.07, 6.45) is 2.56. The minimum Gasteiger partial charge on any atom is -0.399 e. The molecule has 0 radical (unpaired) electrons. The van der Waals surface area contributed by atoms with E-state index >= 15 is 0 Å². The minimum absolute atomic E-state index is 0.657. The zero-order chi connectivity index (χ0) is 12.4. The van der Waals surface area contributed by atoms with Crippen LogP contribution in [0.15, 0.2) is 18.2 Å². The van der Waals surface area contributed by atoms with E-state index in [2.05, 4.69) is 43.0 Å². The lowest BCUT2D eigenvalue weighted by atomic mass is 10.0. The second kappa shape index (κ2) is 4.96. The molecule has 1 unspecified atom stereocenters. The third-order valence-electron chi connectivity index (χ3n) is 3.70. The molecule has 1 fully saturated rings. The first kappa shape index (κ1) is 12.2. The van der Waals surface area contributed by atoms with Crippen molar-refractivity contribution in [2.45, 2.75) is 25.8 Å². The molecule has 3 heteroatoms. The van der Waals surface area contributed by atoms with Gasteiger partial charge in [-0.1, -0.05) is 6.07 Å². The van der Waals surface area contributed by atoms with Crippen LogP contribution >= 0.6 is 0 Å². The highest BCUT2D eigenvalue weighted by atomic mass is 15.2. The zero-order valence-corrected chi connectivity index (χ0v) is 11.1. The fraction of sp³-hybridized carbons (Fsp3) is 0.571. The van der Waals surface area contributed by atoms with Crippen molar-refractivity contribution in [2.75, 3.05) is 37.8 Å². The van der Waals surface area contributed by atoms with Crippen molar-refractivity contribution in [3.8, 4) is 0 Å². The van der Waals surface area contributed by atoms with Crippen LogP contribution in [0.2, 0.25) is 0 Å². The van der Waals surface area contributed by atoms with Crippen molar-refractivity contribution in [3.63, 3.8) is 0 Å². The lowest BCUT2D eigenvalue weighted by molar-refractivity contribution is 0.258. The van der Waals surface area contributed by atoms with Crippen molar-refractivity contribution in [1.82, 2.24) is 4.90 Å². The highest BCUT2D eigenvalue weighted by Crippen LogP contribution is 2.26. The molecule has 2 N–H and O–H groups in total. The fourth-order valence-corrected chi connectivity index (χ4v) is 2.56. The summed E-state index contributed by atoms with van der Waals surface area (Å²) in [7, 11) is 4.33. The average molecular weight is 233 g/mol. The van der Waals surface area contributed by atoms with E-state index in [4.69, 9.17) is 5.73 Å². The van der Waals surface area contributed by atoms with Gasteiger partial charge in [0.05, 0.1) is 0 Å². The topological polar surface area (TPSA) is 32.5 Å². The molecule has 1 heterocycles. The molecule has 0 spiro atoms. The number of nitrogens with two attached hydrogens (primary N) is 1. The molecular weight excluding hydrogens is 210 g/mol. The van der Waals surface area contributed by atoms with Gasteiger partial charge in [0.2, 0.25) is 0 Å². The molecule has 1 saturated heterocycles. The Balaban J connectivity index is 2.18. The van der Waals surface area contributed by atoms with Gasteiger partial charge in [-0.05, 0) is 51.6 Å². The van der Waals surface area contributed by atoms with Crippen LogP contribution in [0.5, 0.6) is 0 Å². The average Bonchev–Trinajstić information content (AvgIpc) is 2.32. The lowest BCUT2D eigenvalue weighted by Crippen LogP contribution is -2.45. The molecule has 0 aliphatic carbocycles. The van der Waals surface area contributed by atoms with Gasteiger partial charge in [-0.25, -0.2) is 0 Å². The molecule has 1 aromatic carbocycles. The SMILES string of the molecule is Cc1ccc(N)cc1N1CCCC(N(C)C)C1. The maximum atomic E-state index is 5.89. The number of hydrogen-bond acceptors (Lipinski definition) is 3. The predicted molar refractivity (Wildman–Crippen MR) is 74.5 cm³/mol. The third kappa shape index (κ3) is 2.72. The second-order valence-electron chi connectivity index (χ2n) is 5.25. The maximum Gasteiger partial charge on any atom is 0.0417 e. The molecule has 1 atom stereocenters. The van der Waals surface area contributed by atoms with Crippen LogP contribution in [0.4, 0.5) is 11.4 Å². The molecule has 94 valence electrons. The van der Waals surface area contributed by atoms with Crippen LogP contribution in [0.3, 0.4) is 0 Å². The summed E-state index contributed by atoms with van der Waals surface area (Å²) in [6, 6.07) is 6.85. The van der Waals surface area contributed by atoms with Gasteiger partial charge in [0, 0.05) is 30.5 Å². The zero-order valence-electron chi connectivity index (χ0n) is 11.1. The Morgan fingerprint density at radius 3 is 2.82 bits per heavy atom. The van der Waals surface area contributed by atoms with Crippen molar-refractivity contribution in [1.29, 1.82) is 0 Å². The standard InChI is InChI=1S/C14H23N3/c1-11-6-7-12(15)9-14(11)17-8-4-5-13(10-17)16(2)3/h6-7,9,13H,4-5,8,10,15H2,1-3H3. The van der Waals surface area contributed by atoms with Gasteiger partial charge >= 0.3 is 0 Å². The summed E-state index contributed by atoms with van der Waals surface area (Å²) in [5, 5.41) is 0. The Kier molecular flexibility index (Phi) is 3.57. The summed E-state index contributed by atoms with van der Waals surface area (Å²) in [6.45, 7) is 4.42. The largest absolute Gasteiger partial charge is 0.399 e. The Labute approximate surface area is 104 Å². The first-order valence-electron chi connectivity index (χ1n) is 6.35. The van der Waals surface area contributed by atoms with Crippen LogP contribution < -0.4 is 10.6 Å². The van der Waals surface area contributed by atoms with Gasteiger partial charge in [0.15, 0.2) is 0 Å². The van der Waals surface area contributed by atoms with Crippen molar-refractivity contribution < 1.29 is 0 Å². The van der Waals surface area contributed by atoms with E-state index in [0.29, 0.717) is 6.04 Å². The maximum absolute atomic E-state index is 5.89. The van der Waals surface area contributed by atoms with Gasteiger partial charge < -0.3 is 15.5 Å². The molecule has 0 saturated carbocycles. The molecule has 0 amide bonds. The van der Waals surface area contributed by atoms with Gasteiger partial charge in [0.1, 0.15) is 0 Å². The first-order valence-corrected chi connectivity index (χ1v) is 6.35. The molecule has 1 aliphatic heterocycles. The van der Waals surface area contributed by atoms with E-state index < -0.39 is 0 Å². The highest BCUT2D eigenvalue weighted by Gasteiger charge is 2.22. The molecule has 2 rings (SSSR count). The minimum atomic E-state index is 0.657. The summed E-state index contributed by atoms with van der Waals surface area (Å²) < 4.78 is 0. The van der Waals surface area contributed by atoms with E-state index in [1.807, 2.05) is 6.07 Å². The molecule has 17 heavy (non-hydrogen) atoms. The van der Waals surface area contributed by atoms with E-state index in [1.165, 1.54) is 24.1 Å². The quantitative estimate of drug-likeness (QED) is 0.794. The number of aryl methyl sites for hydroxylation is 1. The third-order valence-corrected chi connectivity index (χ3v) is 3.70. The Bertz CT molecular complexity index is 387. The number of likely N-dealkylation sites (N-methyl/N-ethyl adjacent to an activating group) is 1. The van der Waals surface area contributed by atoms with Gasteiger partial charge in [-0.15, -0.1) is 0 Å². The molecular formula is C14H23N3. The normalized spacial score (nSPS) is 20.9. The van der Waals surface area contributed by atoms with Gasteiger partial charge in [0.25, 0.3) is 0 Å². The summed E-state index contributed by atoms with van der Waals surface area (Å²) >= 11 is 0. The van der Waals surface area contributed by atoms with Crippen molar-refractivity contribution in [2.24, 2.45) is 0 Å². The van der Waals surface area contributed by atoms with Crippen molar-refractivity contribution in [3.05, 3.63) is 23.8 Å². The molecule has 1 aliphatic rings. The van der Waals surface area contributed by atoms with Crippen LogP contribution in [0.25, 0.3) is 0 Å². The van der Waals surface area contributed by atoms with Crippen LogP contribution in [0.1, 0.15) is 18.4 Å². The Hall–Kier alpha value is -1.22. The number of anilines is 2. The van der Waals surface area contributed by atoms with E-state index in [9.17, 15) is 0 Å². The molecule has 0 bridgehead atoms. The first-order chi connectivity index (χ1) is 8.08. The number of nitrogens with zero attached hydrogens (tertiary/aromatic N) is 2. The smallest absolute Gasteiger partial charge is 0.0417 e. The number of benzene rings is 1. The van der Waals surface area contributed by atoms with Crippen LogP contribution in [-0.2, 0) is 0 Å². The van der Waals surface area contributed by atoms with E-state index in [0.717, 1.165) is 18.8 Å². The number of nitrogen functional groups attached to an aromatic ring is 1. The van der Waals surface area contributed by atoms with Gasteiger partial charge in [-0.3, -0.25) is 0 Å². The van der Waals surface area contributed by atoms with E-state index in [1.54, 1.807) is 0 Å². The molecule has 1 aromatic rings. The number of rotatable bonds is 2. The fourth-order valence-electron chi connectivity index (χ4n) is 2.56. The van der Waals surface area contributed by atoms with Crippen LogP contribution in [-0.4, -0.2) is 38.1 Å². The van der Waals surface area contributed by atoms with Gasteiger partial charge in [-0.2, -0.15) is 0 Å². The summed E-state index contributed by atoms with van der Waals surface area (Å²) in [4.78, 5) is 4.80. The molecule has 3 nitrogen and oxygen atoms in total. The highest BCUT2D eigenvalue weighted by molar-refractivity contribution is 5.61. The monoisotopic (exact) mass is 233 g/mol. The van der Waals surface area contributed by atoms with Crippen LogP contribution in [0, 0.1) is 6.92 Å². The second-order valence-corrected chi connectivity index (χ2v) is 5.25. The lowest BCUT2D eigenvalue weighted by Gasteiger charge is -2.38. The Morgan fingerprint density at radius 1 is 1.35 bits per heavy atom. The van der Waals surface area contributed by atoms with E-state index in [-0.39, 0.29) is 0 Å². The predicted octanol–water partition coefficient (Wildman–Crippen LogP) is 2.11. The number of piperidine rings is 1. The van der Waals surface area contributed by atoms with Crippen molar-refractivity contribution >= 4 is 11.4 Å². The number of hydrogen-bond donors (Lipinski definition) is 1. The summed E-state index contributed by atoms with van der Waals surface area (Å²) in [5.41, 5.74) is 9.37. The molecule has 0 aromatic heterocycles. The summed E-state index contributed by atoms with van der Waals surface area (Å²) in [5.74, 6) is 0. The Morgan fingerprint density at radius 2 is 2.12 bits per heavy atom.